The topological polar surface area (TPSA) is 70.0 Å². The summed E-state index contributed by atoms with van der Waals surface area (Å²) < 4.78 is 12.0. The predicted molar refractivity (Wildman–Crippen MR) is 207 cm³/mol. The van der Waals surface area contributed by atoms with Gasteiger partial charge in [-0.2, -0.15) is 0 Å². The van der Waals surface area contributed by atoms with Gasteiger partial charge in [0.05, 0.1) is 11.4 Å². The summed E-state index contributed by atoms with van der Waals surface area (Å²) in [4.78, 5) is 19.6. The molecule has 0 N–H and O–H groups in total. The Kier molecular flexibility index (Phi) is 8.08. The summed E-state index contributed by atoms with van der Waals surface area (Å²) in [5.74, 6) is 4.36. The molecule has 9 rings (SSSR count). The van der Waals surface area contributed by atoms with Gasteiger partial charge in [0.2, 0.25) is 0 Å². The molecule has 0 radical (unpaired) electrons. The van der Waals surface area contributed by atoms with Gasteiger partial charge in [-0.05, 0) is 106 Å². The van der Waals surface area contributed by atoms with Crippen LogP contribution < -0.4 is 9.47 Å². The molecule has 0 spiro atoms. The second-order valence-corrected chi connectivity index (χ2v) is 12.3. The molecule has 0 aliphatic carbocycles. The van der Waals surface area contributed by atoms with Crippen molar-refractivity contribution in [3.8, 4) is 68.3 Å². The highest BCUT2D eigenvalue weighted by Gasteiger charge is 2.19. The van der Waals surface area contributed by atoms with Gasteiger partial charge in [0.25, 0.3) is 0 Å². The monoisotopic (exact) mass is 670 g/mol. The lowest BCUT2D eigenvalue weighted by Gasteiger charge is -2.17. The molecule has 0 bridgehead atoms. The van der Waals surface area contributed by atoms with Crippen molar-refractivity contribution < 1.29 is 9.47 Å². The largest absolute Gasteiger partial charge is 0.457 e. The summed E-state index contributed by atoms with van der Waals surface area (Å²) in [5.41, 5.74) is 5.59. The van der Waals surface area contributed by atoms with E-state index in [1.165, 1.54) is 0 Å². The van der Waals surface area contributed by atoms with Gasteiger partial charge in [-0.1, -0.05) is 84.9 Å². The van der Waals surface area contributed by atoms with Crippen LogP contribution in [0.15, 0.2) is 182 Å². The lowest BCUT2D eigenvalue weighted by molar-refractivity contribution is 0.482. The fourth-order valence-electron chi connectivity index (χ4n) is 6.55. The highest BCUT2D eigenvalue weighted by molar-refractivity contribution is 6.20. The van der Waals surface area contributed by atoms with Gasteiger partial charge in [0, 0.05) is 34.6 Å². The number of hydrogen-bond acceptors (Lipinski definition) is 6. The summed E-state index contributed by atoms with van der Waals surface area (Å²) in [7, 11) is 0. The van der Waals surface area contributed by atoms with Gasteiger partial charge < -0.3 is 9.47 Å². The molecule has 0 amide bonds. The van der Waals surface area contributed by atoms with E-state index in [0.717, 1.165) is 78.2 Å². The standard InChI is InChI=1S/C46H30N4O2/c1-3-11-33(12-4-1)51-35-23-19-31(20-24-35)45-47-29-27-41(49-45)43-37-15-7-9-17-39(37)44(40-18-10-8-16-38(40)43)42-28-30-48-46(50-42)32-21-25-36(26-22-32)52-34-13-5-2-6-14-34/h1-30H. The second kappa shape index (κ2) is 13.6. The van der Waals surface area contributed by atoms with E-state index >= 15 is 0 Å². The number of fused-ring (bicyclic) bond motifs is 2. The van der Waals surface area contributed by atoms with Crippen molar-refractivity contribution in [2.75, 3.05) is 0 Å². The predicted octanol–water partition coefficient (Wildman–Crippen LogP) is 11.8. The number of para-hydroxylation sites is 2. The molecule has 0 aliphatic rings. The fraction of sp³-hybridized carbons (Fsp3) is 0. The molecule has 0 atom stereocenters. The number of nitrogens with zero attached hydrogens (tertiary/aromatic N) is 4. The molecule has 52 heavy (non-hydrogen) atoms. The van der Waals surface area contributed by atoms with E-state index < -0.39 is 0 Å². The Morgan fingerprint density at radius 3 is 1.00 bits per heavy atom. The van der Waals surface area contributed by atoms with Crippen molar-refractivity contribution in [2.45, 2.75) is 0 Å². The number of ether oxygens (including phenoxy) is 2. The Morgan fingerprint density at radius 2 is 0.635 bits per heavy atom. The smallest absolute Gasteiger partial charge is 0.159 e. The second-order valence-electron chi connectivity index (χ2n) is 12.3. The summed E-state index contributed by atoms with van der Waals surface area (Å²) in [6.45, 7) is 0. The summed E-state index contributed by atoms with van der Waals surface area (Å²) >= 11 is 0. The molecule has 6 heteroatoms. The van der Waals surface area contributed by atoms with E-state index in [4.69, 9.17) is 19.4 Å². The van der Waals surface area contributed by atoms with Gasteiger partial charge in [0.15, 0.2) is 11.6 Å². The van der Waals surface area contributed by atoms with Gasteiger partial charge in [-0.25, -0.2) is 19.9 Å². The Labute approximate surface area is 300 Å². The van der Waals surface area contributed by atoms with Gasteiger partial charge >= 0.3 is 0 Å². The number of hydrogen-bond donors (Lipinski definition) is 0. The van der Waals surface area contributed by atoms with Crippen LogP contribution in [-0.4, -0.2) is 19.9 Å². The van der Waals surface area contributed by atoms with Crippen LogP contribution in [0.25, 0.3) is 66.8 Å². The maximum atomic E-state index is 6.01. The Bertz CT molecular complexity index is 2420. The molecule has 0 aliphatic heterocycles. The van der Waals surface area contributed by atoms with Crippen molar-refractivity contribution in [3.05, 3.63) is 182 Å². The maximum Gasteiger partial charge on any atom is 0.159 e. The van der Waals surface area contributed by atoms with E-state index in [-0.39, 0.29) is 0 Å². The molecule has 2 heterocycles. The zero-order valence-corrected chi connectivity index (χ0v) is 27.9. The number of rotatable bonds is 8. The van der Waals surface area contributed by atoms with Gasteiger partial charge in [0.1, 0.15) is 23.0 Å². The van der Waals surface area contributed by atoms with E-state index in [1.54, 1.807) is 0 Å². The molecule has 2 aromatic heterocycles. The summed E-state index contributed by atoms with van der Waals surface area (Å²) in [6, 6.07) is 56.1. The molecule has 0 unspecified atom stereocenters. The minimum absolute atomic E-state index is 0.640. The van der Waals surface area contributed by atoms with Crippen molar-refractivity contribution in [3.63, 3.8) is 0 Å². The Morgan fingerprint density at radius 1 is 0.308 bits per heavy atom. The van der Waals surface area contributed by atoms with Crippen LogP contribution in [0.1, 0.15) is 0 Å². The van der Waals surface area contributed by atoms with E-state index in [9.17, 15) is 0 Å². The van der Waals surface area contributed by atoms with Crippen molar-refractivity contribution in [2.24, 2.45) is 0 Å². The van der Waals surface area contributed by atoms with Crippen molar-refractivity contribution >= 4 is 21.5 Å². The van der Waals surface area contributed by atoms with Gasteiger partial charge in [-0.15, -0.1) is 0 Å². The summed E-state index contributed by atoms with van der Waals surface area (Å²) in [5, 5.41) is 4.31. The van der Waals surface area contributed by atoms with Crippen LogP contribution >= 0.6 is 0 Å². The van der Waals surface area contributed by atoms with Crippen LogP contribution in [0, 0.1) is 0 Å². The number of aromatic nitrogens is 4. The van der Waals surface area contributed by atoms with Crippen LogP contribution in [0.5, 0.6) is 23.0 Å². The molecular weight excluding hydrogens is 641 g/mol. The summed E-state index contributed by atoms with van der Waals surface area (Å²) in [6.07, 6.45) is 3.66. The van der Waals surface area contributed by atoms with Crippen LogP contribution in [0.2, 0.25) is 0 Å². The molecule has 6 nitrogen and oxygen atoms in total. The maximum absolute atomic E-state index is 6.01. The average Bonchev–Trinajstić information content (AvgIpc) is 3.21. The first kappa shape index (κ1) is 30.8. The van der Waals surface area contributed by atoms with Gasteiger partial charge in [-0.3, -0.25) is 0 Å². The normalized spacial score (nSPS) is 11.1. The first-order valence-electron chi connectivity index (χ1n) is 17.0. The van der Waals surface area contributed by atoms with E-state index in [0.29, 0.717) is 11.6 Å². The molecule has 0 saturated heterocycles. The highest BCUT2D eigenvalue weighted by Crippen LogP contribution is 2.43. The van der Waals surface area contributed by atoms with E-state index in [2.05, 4.69) is 58.5 Å². The molecule has 0 fully saturated rings. The Hall–Kier alpha value is -7.18. The lowest BCUT2D eigenvalue weighted by Crippen LogP contribution is -1.97. The minimum Gasteiger partial charge on any atom is -0.457 e. The quantitative estimate of drug-likeness (QED) is 0.150. The zero-order valence-electron chi connectivity index (χ0n) is 27.9. The number of benzene rings is 7. The Balaban J connectivity index is 1.10. The first-order valence-corrected chi connectivity index (χ1v) is 17.0. The zero-order chi connectivity index (χ0) is 34.7. The lowest BCUT2D eigenvalue weighted by atomic mass is 9.89. The van der Waals surface area contributed by atoms with Crippen molar-refractivity contribution in [1.82, 2.24) is 19.9 Å². The molecule has 7 aromatic carbocycles. The fourth-order valence-corrected chi connectivity index (χ4v) is 6.55. The minimum atomic E-state index is 0.640. The van der Waals surface area contributed by atoms with Crippen LogP contribution in [0.4, 0.5) is 0 Å². The molecule has 246 valence electrons. The van der Waals surface area contributed by atoms with Crippen LogP contribution in [-0.2, 0) is 0 Å². The SMILES string of the molecule is c1ccc(Oc2ccc(-c3nccc(-c4c5ccccc5c(-c5ccnc(-c6ccc(Oc7ccccc7)cc6)n5)c5ccccc45)n3)cc2)cc1. The third kappa shape index (κ3) is 6.10. The molecular formula is C46H30N4O2. The van der Waals surface area contributed by atoms with Crippen molar-refractivity contribution in [1.29, 1.82) is 0 Å². The van der Waals surface area contributed by atoms with E-state index in [1.807, 2.05) is 134 Å². The third-order valence-electron chi connectivity index (χ3n) is 8.94. The van der Waals surface area contributed by atoms with Crippen LogP contribution in [0.3, 0.4) is 0 Å². The molecule has 0 saturated carbocycles. The molecule has 9 aromatic rings. The third-order valence-corrected chi connectivity index (χ3v) is 8.94. The first-order chi connectivity index (χ1) is 25.8. The highest BCUT2D eigenvalue weighted by atomic mass is 16.5. The average molecular weight is 671 g/mol.